The van der Waals surface area contributed by atoms with Gasteiger partial charge in [-0.05, 0) is 45.0 Å². The molecule has 0 bridgehead atoms. The first kappa shape index (κ1) is 22.1. The zero-order valence-electron chi connectivity index (χ0n) is 18.5. The zero-order valence-corrected chi connectivity index (χ0v) is 18.5. The summed E-state index contributed by atoms with van der Waals surface area (Å²) < 4.78 is 5.42. The molecule has 2 amide bonds. The van der Waals surface area contributed by atoms with E-state index < -0.39 is 22.5 Å². The summed E-state index contributed by atoms with van der Waals surface area (Å²) >= 11 is 0. The quantitative estimate of drug-likeness (QED) is 0.415. The number of carbonyl (C=O) groups is 2. The Morgan fingerprint density at radius 3 is 2.39 bits per heavy atom. The van der Waals surface area contributed by atoms with Crippen molar-refractivity contribution in [2.75, 3.05) is 11.9 Å². The lowest BCUT2D eigenvalue weighted by Gasteiger charge is -2.29. The van der Waals surface area contributed by atoms with E-state index in [-0.39, 0.29) is 12.2 Å². The molecule has 0 aliphatic carbocycles. The highest BCUT2D eigenvalue weighted by Gasteiger charge is 2.36. The smallest absolute Gasteiger partial charge is 0.417 e. The van der Waals surface area contributed by atoms with Crippen molar-refractivity contribution in [3.63, 3.8) is 0 Å². The van der Waals surface area contributed by atoms with E-state index in [0.29, 0.717) is 34.6 Å². The Morgan fingerprint density at radius 2 is 1.79 bits per heavy atom. The molecule has 170 valence electrons. The van der Waals surface area contributed by atoms with Gasteiger partial charge in [-0.25, -0.2) is 9.69 Å². The maximum Gasteiger partial charge on any atom is 0.417 e. The van der Waals surface area contributed by atoms with Gasteiger partial charge in [0.05, 0.1) is 21.9 Å². The zero-order chi connectivity index (χ0) is 23.8. The average Bonchev–Trinajstić information content (AvgIpc) is 3.12. The molecule has 2 heterocycles. The van der Waals surface area contributed by atoms with Gasteiger partial charge in [-0.15, -0.1) is 0 Å². The van der Waals surface area contributed by atoms with Crippen LogP contribution < -0.4 is 5.32 Å². The molecule has 9 heteroatoms. The minimum atomic E-state index is -0.731. The number of carbonyl (C=O) groups excluding carboxylic acids is 2. The van der Waals surface area contributed by atoms with Crippen molar-refractivity contribution in [2.24, 2.45) is 0 Å². The van der Waals surface area contributed by atoms with Crippen LogP contribution in [0.15, 0.2) is 54.6 Å². The Labute approximate surface area is 190 Å². The van der Waals surface area contributed by atoms with E-state index in [1.165, 1.54) is 12.1 Å². The SMILES string of the molecule is CC(C)(C)OC(=O)N1CCc2[nH]c(-c3ccc([N+](=O)[O-])cc3)c(Nc3ccccc3)c2C1=O. The summed E-state index contributed by atoms with van der Waals surface area (Å²) in [6.07, 6.45) is -0.265. The number of hydrogen-bond acceptors (Lipinski definition) is 6. The third kappa shape index (κ3) is 4.57. The van der Waals surface area contributed by atoms with Crippen LogP contribution in [0.1, 0.15) is 36.8 Å². The van der Waals surface area contributed by atoms with Crippen LogP contribution in [0.4, 0.5) is 21.9 Å². The second-order valence-electron chi connectivity index (χ2n) is 8.71. The number of para-hydroxylation sites is 1. The molecule has 0 spiro atoms. The van der Waals surface area contributed by atoms with E-state index in [1.54, 1.807) is 32.9 Å². The second kappa shape index (κ2) is 8.42. The lowest BCUT2D eigenvalue weighted by Crippen LogP contribution is -2.44. The second-order valence-corrected chi connectivity index (χ2v) is 8.71. The number of nitro benzene ring substituents is 1. The van der Waals surface area contributed by atoms with Gasteiger partial charge in [-0.2, -0.15) is 0 Å². The van der Waals surface area contributed by atoms with Crippen LogP contribution in [-0.4, -0.2) is 39.0 Å². The summed E-state index contributed by atoms with van der Waals surface area (Å²) in [4.78, 5) is 41.1. The number of nitrogens with zero attached hydrogens (tertiary/aromatic N) is 2. The fourth-order valence-corrected chi connectivity index (χ4v) is 3.68. The topological polar surface area (TPSA) is 118 Å². The van der Waals surface area contributed by atoms with Crippen molar-refractivity contribution >= 4 is 29.1 Å². The molecule has 33 heavy (non-hydrogen) atoms. The number of aromatic amines is 1. The summed E-state index contributed by atoms with van der Waals surface area (Å²) in [5, 5.41) is 14.3. The van der Waals surface area contributed by atoms with Crippen LogP contribution in [0.25, 0.3) is 11.3 Å². The molecular formula is C24H24N4O5. The molecule has 9 nitrogen and oxygen atoms in total. The lowest BCUT2D eigenvalue weighted by atomic mass is 10.0. The predicted molar refractivity (Wildman–Crippen MR) is 124 cm³/mol. The fraction of sp³-hybridized carbons (Fsp3) is 0.250. The standard InChI is InChI=1S/C24H24N4O5/c1-24(2,3)33-23(30)27-14-13-18-19(22(27)29)21(25-16-7-5-4-6-8-16)20(26-18)15-9-11-17(12-10-15)28(31)32/h4-12,25-26H,13-14H2,1-3H3. The molecule has 2 N–H and O–H groups in total. The van der Waals surface area contributed by atoms with Crippen LogP contribution in [0, 0.1) is 10.1 Å². The highest BCUT2D eigenvalue weighted by molar-refractivity contribution is 6.11. The first-order valence-corrected chi connectivity index (χ1v) is 10.5. The van der Waals surface area contributed by atoms with Crippen molar-refractivity contribution in [3.05, 3.63) is 76.0 Å². The molecule has 1 aliphatic rings. The van der Waals surface area contributed by atoms with E-state index in [0.717, 1.165) is 10.6 Å². The number of rotatable bonds is 4. The number of benzene rings is 2. The largest absolute Gasteiger partial charge is 0.443 e. The molecule has 4 rings (SSSR count). The minimum Gasteiger partial charge on any atom is -0.443 e. The number of nitrogens with one attached hydrogen (secondary N) is 2. The van der Waals surface area contributed by atoms with Gasteiger partial charge in [0.2, 0.25) is 0 Å². The number of hydrogen-bond donors (Lipinski definition) is 2. The Bertz CT molecular complexity index is 1210. The summed E-state index contributed by atoms with van der Waals surface area (Å²) in [6.45, 7) is 5.42. The molecule has 0 radical (unpaired) electrons. The number of amides is 2. The normalized spacial score (nSPS) is 13.4. The molecule has 0 atom stereocenters. The Balaban J connectivity index is 1.78. The monoisotopic (exact) mass is 448 g/mol. The maximum absolute atomic E-state index is 13.4. The van der Waals surface area contributed by atoms with Crippen molar-refractivity contribution in [1.82, 2.24) is 9.88 Å². The third-order valence-corrected chi connectivity index (χ3v) is 5.15. The predicted octanol–water partition coefficient (Wildman–Crippen LogP) is 5.27. The Morgan fingerprint density at radius 1 is 1.12 bits per heavy atom. The molecule has 0 saturated heterocycles. The van der Waals surface area contributed by atoms with Crippen LogP contribution in [0.3, 0.4) is 0 Å². The molecule has 1 aliphatic heterocycles. The number of nitro groups is 1. The third-order valence-electron chi connectivity index (χ3n) is 5.15. The van der Waals surface area contributed by atoms with Gasteiger partial charge in [-0.1, -0.05) is 18.2 Å². The van der Waals surface area contributed by atoms with Gasteiger partial charge in [0.15, 0.2) is 0 Å². The summed E-state index contributed by atoms with van der Waals surface area (Å²) in [5.41, 5.74) is 2.82. The molecule has 1 aromatic heterocycles. The highest BCUT2D eigenvalue weighted by Crippen LogP contribution is 2.38. The fourth-order valence-electron chi connectivity index (χ4n) is 3.68. The van der Waals surface area contributed by atoms with E-state index in [2.05, 4.69) is 10.3 Å². The molecule has 0 unspecified atom stereocenters. The number of imide groups is 1. The summed E-state index contributed by atoms with van der Waals surface area (Å²) in [5.74, 6) is -0.464. The van der Waals surface area contributed by atoms with Gasteiger partial charge in [0.25, 0.3) is 11.6 Å². The van der Waals surface area contributed by atoms with Crippen molar-refractivity contribution in [2.45, 2.75) is 32.8 Å². The van der Waals surface area contributed by atoms with Gasteiger partial charge in [-0.3, -0.25) is 14.9 Å². The van der Waals surface area contributed by atoms with E-state index >= 15 is 0 Å². The van der Waals surface area contributed by atoms with Gasteiger partial charge < -0.3 is 15.0 Å². The molecule has 2 aromatic carbocycles. The number of anilines is 2. The number of non-ortho nitro benzene ring substituents is 1. The number of H-pyrrole nitrogens is 1. The van der Waals surface area contributed by atoms with E-state index in [4.69, 9.17) is 4.74 Å². The summed E-state index contributed by atoms with van der Waals surface area (Å²) in [6, 6.07) is 15.4. The molecular weight excluding hydrogens is 424 g/mol. The van der Waals surface area contributed by atoms with Gasteiger partial charge in [0, 0.05) is 42.0 Å². The average molecular weight is 448 g/mol. The van der Waals surface area contributed by atoms with Crippen LogP contribution in [0.2, 0.25) is 0 Å². The van der Waals surface area contributed by atoms with E-state index in [1.807, 2.05) is 30.3 Å². The molecule has 0 fully saturated rings. The first-order chi connectivity index (χ1) is 15.6. The Hall–Kier alpha value is -4.14. The van der Waals surface area contributed by atoms with Crippen molar-refractivity contribution in [3.8, 4) is 11.3 Å². The van der Waals surface area contributed by atoms with Gasteiger partial charge in [0.1, 0.15) is 5.60 Å². The van der Waals surface area contributed by atoms with Crippen LogP contribution in [-0.2, 0) is 11.2 Å². The number of ether oxygens (including phenoxy) is 1. The number of aromatic nitrogens is 1. The van der Waals surface area contributed by atoms with Crippen LogP contribution >= 0.6 is 0 Å². The molecule has 0 saturated carbocycles. The maximum atomic E-state index is 13.4. The highest BCUT2D eigenvalue weighted by atomic mass is 16.6. The van der Waals surface area contributed by atoms with Crippen LogP contribution in [0.5, 0.6) is 0 Å². The molecule has 3 aromatic rings. The Kier molecular flexibility index (Phi) is 5.63. The van der Waals surface area contributed by atoms with Crippen molar-refractivity contribution in [1.29, 1.82) is 0 Å². The first-order valence-electron chi connectivity index (χ1n) is 10.5. The van der Waals surface area contributed by atoms with E-state index in [9.17, 15) is 19.7 Å². The van der Waals surface area contributed by atoms with Gasteiger partial charge >= 0.3 is 6.09 Å². The minimum absolute atomic E-state index is 0.0279. The summed E-state index contributed by atoms with van der Waals surface area (Å²) in [7, 11) is 0. The van der Waals surface area contributed by atoms with Crippen molar-refractivity contribution < 1.29 is 19.2 Å². The number of fused-ring (bicyclic) bond motifs is 1. The lowest BCUT2D eigenvalue weighted by molar-refractivity contribution is -0.384.